The molecule has 0 aliphatic heterocycles. The smallest absolute Gasteiger partial charge is 0.293 e. The van der Waals surface area contributed by atoms with Crippen molar-refractivity contribution in [2.75, 3.05) is 0 Å². The minimum atomic E-state index is -2.97. The largest absolute Gasteiger partial charge is 0.295 e. The molecule has 0 saturated heterocycles. The second-order valence-corrected chi connectivity index (χ2v) is 6.18. The molecule has 0 atom stereocenters. The van der Waals surface area contributed by atoms with E-state index in [-0.39, 0.29) is 47.7 Å². The molecule has 0 aromatic carbocycles. The Bertz CT molecular complexity index is 845. The number of hydrogen-bond acceptors (Lipinski definition) is 4. The Morgan fingerprint density at radius 1 is 1.17 bits per heavy atom. The summed E-state index contributed by atoms with van der Waals surface area (Å²) < 4.78 is 53.6. The maximum absolute atomic E-state index is 13.3. The zero-order valence-electron chi connectivity index (χ0n) is 12.6. The normalized spacial score (nSPS) is 18.5. The Hall–Kier alpha value is -1.77. The van der Waals surface area contributed by atoms with Gasteiger partial charge < -0.3 is 0 Å². The molecule has 130 valence electrons. The quantitative estimate of drug-likeness (QED) is 0.603. The monoisotopic (exact) mass is 364 g/mol. The molecule has 1 saturated carbocycles. The van der Waals surface area contributed by atoms with Crippen LogP contribution < -0.4 is 5.56 Å². The molecule has 10 heteroatoms. The van der Waals surface area contributed by atoms with E-state index in [0.29, 0.717) is 4.57 Å². The Kier molecular flexibility index (Phi) is 4.23. The van der Waals surface area contributed by atoms with E-state index < -0.39 is 29.6 Å². The van der Waals surface area contributed by atoms with Crippen LogP contribution in [0.2, 0.25) is 5.28 Å². The molecule has 0 radical (unpaired) electrons. The molecule has 2 heterocycles. The summed E-state index contributed by atoms with van der Waals surface area (Å²) in [5, 5.41) is -0.237. The molecule has 3 rings (SSSR count). The van der Waals surface area contributed by atoms with Crippen LogP contribution in [0.5, 0.6) is 0 Å². The summed E-state index contributed by atoms with van der Waals surface area (Å²) in [6, 6.07) is 0. The molecule has 0 N–H and O–H groups in total. The fourth-order valence-corrected chi connectivity index (χ4v) is 3.12. The van der Waals surface area contributed by atoms with Crippen molar-refractivity contribution in [3.8, 4) is 0 Å². The maximum Gasteiger partial charge on any atom is 0.295 e. The number of alkyl halides is 4. The second-order valence-electron chi connectivity index (χ2n) is 5.84. The van der Waals surface area contributed by atoms with Gasteiger partial charge in [-0.05, 0) is 24.4 Å². The lowest BCUT2D eigenvalue weighted by Gasteiger charge is -2.28. The molecule has 24 heavy (non-hydrogen) atoms. The second kappa shape index (κ2) is 5.94. The molecule has 0 bridgehead atoms. The highest BCUT2D eigenvalue weighted by molar-refractivity contribution is 6.28. The van der Waals surface area contributed by atoms with E-state index in [9.17, 15) is 22.4 Å². The Morgan fingerprint density at radius 3 is 2.38 bits per heavy atom. The van der Waals surface area contributed by atoms with E-state index in [0.717, 1.165) is 7.05 Å². The number of nitrogens with zero attached hydrogens (tertiary/aromatic N) is 4. The molecule has 0 unspecified atom stereocenters. The van der Waals surface area contributed by atoms with Crippen LogP contribution in [0.1, 0.15) is 49.5 Å². The first kappa shape index (κ1) is 17.1. The summed E-state index contributed by atoms with van der Waals surface area (Å²) in [4.78, 5) is 23.9. The molecule has 1 fully saturated rings. The predicted octanol–water partition coefficient (Wildman–Crippen LogP) is 3.61. The lowest BCUT2D eigenvalue weighted by atomic mass is 9.84. The highest BCUT2D eigenvalue weighted by Gasteiger charge is 2.37. The summed E-state index contributed by atoms with van der Waals surface area (Å²) in [5.41, 5.74) is -0.871. The third-order valence-corrected chi connectivity index (χ3v) is 4.43. The molecule has 0 spiro atoms. The standard InChI is InChI=1S/C14H13ClF4N4O/c1-23-11(10(16)17)20-8-7(6-2-4-14(18,19)5-3-6)21-13(15)22-9(8)12(23)24/h6,10H,2-5H2,1H3. The van der Waals surface area contributed by atoms with Crippen LogP contribution in [0.3, 0.4) is 0 Å². The molecule has 1 aliphatic carbocycles. The topological polar surface area (TPSA) is 60.7 Å². The van der Waals surface area contributed by atoms with Gasteiger partial charge in [-0.3, -0.25) is 9.36 Å². The van der Waals surface area contributed by atoms with Gasteiger partial charge in [0.15, 0.2) is 11.3 Å². The number of halogens is 5. The minimum Gasteiger partial charge on any atom is -0.293 e. The van der Waals surface area contributed by atoms with Gasteiger partial charge >= 0.3 is 0 Å². The fraction of sp³-hybridized carbons (Fsp3) is 0.571. The van der Waals surface area contributed by atoms with E-state index in [1.165, 1.54) is 0 Å². The van der Waals surface area contributed by atoms with Crippen molar-refractivity contribution < 1.29 is 17.6 Å². The number of aromatic nitrogens is 4. The predicted molar refractivity (Wildman–Crippen MR) is 78.7 cm³/mol. The Labute approximate surface area is 138 Å². The van der Waals surface area contributed by atoms with E-state index in [2.05, 4.69) is 15.0 Å². The van der Waals surface area contributed by atoms with Crippen LogP contribution >= 0.6 is 11.6 Å². The molecular weight excluding hydrogens is 352 g/mol. The van der Waals surface area contributed by atoms with Crippen LogP contribution in [-0.2, 0) is 7.05 Å². The fourth-order valence-electron chi connectivity index (χ4n) is 2.95. The van der Waals surface area contributed by atoms with Gasteiger partial charge in [-0.15, -0.1) is 0 Å². The van der Waals surface area contributed by atoms with Crippen LogP contribution in [-0.4, -0.2) is 25.4 Å². The van der Waals surface area contributed by atoms with E-state index in [1.54, 1.807) is 0 Å². The van der Waals surface area contributed by atoms with Crippen molar-refractivity contribution in [1.29, 1.82) is 0 Å². The van der Waals surface area contributed by atoms with Crippen molar-refractivity contribution in [2.24, 2.45) is 7.05 Å². The molecule has 5 nitrogen and oxygen atoms in total. The zero-order valence-corrected chi connectivity index (χ0v) is 13.3. The van der Waals surface area contributed by atoms with Crippen LogP contribution in [0, 0.1) is 0 Å². The van der Waals surface area contributed by atoms with Crippen molar-refractivity contribution >= 4 is 22.6 Å². The van der Waals surface area contributed by atoms with Crippen LogP contribution in [0.25, 0.3) is 11.0 Å². The van der Waals surface area contributed by atoms with Gasteiger partial charge in [-0.25, -0.2) is 32.5 Å². The van der Waals surface area contributed by atoms with Crippen molar-refractivity contribution in [3.63, 3.8) is 0 Å². The summed E-state index contributed by atoms with van der Waals surface area (Å²) in [6.07, 6.45) is -3.43. The Morgan fingerprint density at radius 2 is 1.79 bits per heavy atom. The van der Waals surface area contributed by atoms with Gasteiger partial charge in [0, 0.05) is 25.8 Å². The summed E-state index contributed by atoms with van der Waals surface area (Å²) in [5.74, 6) is -3.90. The SMILES string of the molecule is Cn1c(C(F)F)nc2c(C3CCC(F)(F)CC3)nc(Cl)nc2c1=O. The molecule has 2 aromatic heterocycles. The summed E-state index contributed by atoms with van der Waals surface area (Å²) in [6.45, 7) is 0. The average Bonchev–Trinajstić information content (AvgIpc) is 2.50. The first-order valence-corrected chi connectivity index (χ1v) is 7.67. The third kappa shape index (κ3) is 2.97. The van der Waals surface area contributed by atoms with Gasteiger partial charge in [0.2, 0.25) is 11.2 Å². The van der Waals surface area contributed by atoms with Crippen molar-refractivity contribution in [2.45, 2.75) is 43.9 Å². The van der Waals surface area contributed by atoms with Gasteiger partial charge in [-0.2, -0.15) is 0 Å². The number of hydrogen-bond donors (Lipinski definition) is 0. The highest BCUT2D eigenvalue weighted by Crippen LogP contribution is 2.41. The van der Waals surface area contributed by atoms with Crippen LogP contribution in [0.4, 0.5) is 17.6 Å². The average molecular weight is 365 g/mol. The van der Waals surface area contributed by atoms with Gasteiger partial charge in [-0.1, -0.05) is 0 Å². The van der Waals surface area contributed by atoms with Crippen molar-refractivity contribution in [1.82, 2.24) is 19.5 Å². The number of fused-ring (bicyclic) bond motifs is 1. The molecule has 2 aromatic rings. The minimum absolute atomic E-state index is 0.0898. The molecular formula is C14H13ClF4N4O. The first-order valence-electron chi connectivity index (χ1n) is 7.29. The van der Waals surface area contributed by atoms with E-state index in [4.69, 9.17) is 11.6 Å². The van der Waals surface area contributed by atoms with Gasteiger partial charge in [0.25, 0.3) is 12.0 Å². The van der Waals surface area contributed by atoms with Gasteiger partial charge in [0.05, 0.1) is 5.69 Å². The zero-order chi connectivity index (χ0) is 17.6. The summed E-state index contributed by atoms with van der Waals surface area (Å²) >= 11 is 5.83. The van der Waals surface area contributed by atoms with E-state index >= 15 is 0 Å². The maximum atomic E-state index is 13.3. The highest BCUT2D eigenvalue weighted by atomic mass is 35.5. The lowest BCUT2D eigenvalue weighted by molar-refractivity contribution is -0.0384. The van der Waals surface area contributed by atoms with E-state index in [1.807, 2.05) is 0 Å². The third-order valence-electron chi connectivity index (χ3n) is 4.26. The molecule has 0 amide bonds. The first-order chi connectivity index (χ1) is 11.2. The summed E-state index contributed by atoms with van der Waals surface area (Å²) in [7, 11) is 1.16. The lowest BCUT2D eigenvalue weighted by Crippen LogP contribution is -2.27. The Balaban J connectivity index is 2.19. The number of rotatable bonds is 2. The van der Waals surface area contributed by atoms with Crippen molar-refractivity contribution in [3.05, 3.63) is 27.2 Å². The molecule has 1 aliphatic rings. The van der Waals surface area contributed by atoms with Crippen LogP contribution in [0.15, 0.2) is 4.79 Å². The van der Waals surface area contributed by atoms with Gasteiger partial charge in [0.1, 0.15) is 5.52 Å².